The lowest BCUT2D eigenvalue weighted by Gasteiger charge is -2.15. The number of carbonyl (C=O) groups is 2. The number of methoxy groups -OCH3 is 1. The van der Waals surface area contributed by atoms with Crippen LogP contribution < -0.4 is 14.8 Å². The monoisotopic (exact) mass is 354 g/mol. The van der Waals surface area contributed by atoms with Gasteiger partial charge < -0.3 is 19.9 Å². The van der Waals surface area contributed by atoms with Crippen molar-refractivity contribution in [3.8, 4) is 11.5 Å². The molecule has 1 aromatic rings. The highest BCUT2D eigenvalue weighted by Crippen LogP contribution is 2.34. The molecule has 1 amide bonds. The van der Waals surface area contributed by atoms with Gasteiger partial charge in [-0.2, -0.15) is 0 Å². The van der Waals surface area contributed by atoms with Gasteiger partial charge in [0.15, 0.2) is 11.5 Å². The van der Waals surface area contributed by atoms with Crippen molar-refractivity contribution in [2.75, 3.05) is 13.7 Å². The van der Waals surface area contributed by atoms with Gasteiger partial charge >= 0.3 is 5.97 Å². The Balaban J connectivity index is 3.22. The Morgan fingerprint density at radius 1 is 1.32 bits per heavy atom. The number of unbranched alkanes of at least 4 members (excludes halogenated alkanes) is 1. The first-order valence-electron chi connectivity index (χ1n) is 7.88. The van der Waals surface area contributed by atoms with Gasteiger partial charge in [-0.3, -0.25) is 14.9 Å². The summed E-state index contributed by atoms with van der Waals surface area (Å²) >= 11 is 0. The Kier molecular flexibility index (Phi) is 7.64. The minimum Gasteiger partial charge on any atom is -0.493 e. The summed E-state index contributed by atoms with van der Waals surface area (Å²) in [6.45, 7) is 3.86. The summed E-state index contributed by atoms with van der Waals surface area (Å²) in [5.74, 6) is -1.76. The van der Waals surface area contributed by atoms with Gasteiger partial charge in [0, 0.05) is 6.07 Å². The number of nitrogens with one attached hydrogen (secondary N) is 1. The first-order chi connectivity index (χ1) is 11.8. The van der Waals surface area contributed by atoms with Crippen molar-refractivity contribution in [2.24, 2.45) is 0 Å². The van der Waals surface area contributed by atoms with Crippen molar-refractivity contribution in [1.82, 2.24) is 5.32 Å². The van der Waals surface area contributed by atoms with E-state index in [-0.39, 0.29) is 30.1 Å². The van der Waals surface area contributed by atoms with Crippen LogP contribution in [0.4, 0.5) is 5.69 Å². The highest BCUT2D eigenvalue weighted by Gasteiger charge is 2.28. The number of ether oxygens (including phenoxy) is 2. The summed E-state index contributed by atoms with van der Waals surface area (Å²) in [5, 5.41) is 22.8. The molecule has 138 valence electrons. The van der Waals surface area contributed by atoms with Crippen LogP contribution in [0.5, 0.6) is 11.5 Å². The molecule has 1 aromatic carbocycles. The lowest BCUT2D eigenvalue weighted by atomic mass is 10.1. The molecule has 0 bridgehead atoms. The van der Waals surface area contributed by atoms with Crippen LogP contribution in [0.15, 0.2) is 12.1 Å². The Hall–Kier alpha value is -2.84. The van der Waals surface area contributed by atoms with Crippen molar-refractivity contribution in [3.05, 3.63) is 27.8 Å². The number of aliphatic carboxylic acids is 1. The Labute approximate surface area is 145 Å². The van der Waals surface area contributed by atoms with Gasteiger partial charge in [-0.1, -0.05) is 19.8 Å². The number of carboxylic acid groups (broad SMARTS) is 1. The number of nitrogens with zero attached hydrogens (tertiary/aromatic N) is 1. The quantitative estimate of drug-likeness (QED) is 0.487. The van der Waals surface area contributed by atoms with E-state index in [4.69, 9.17) is 9.47 Å². The molecule has 1 rings (SSSR count). The number of hydrogen-bond acceptors (Lipinski definition) is 6. The molecule has 0 fully saturated rings. The normalized spacial score (nSPS) is 11.5. The molecule has 0 aliphatic carbocycles. The van der Waals surface area contributed by atoms with Crippen LogP contribution in [0.2, 0.25) is 0 Å². The van der Waals surface area contributed by atoms with Crippen LogP contribution in [0.25, 0.3) is 0 Å². The van der Waals surface area contributed by atoms with E-state index in [1.165, 1.54) is 13.2 Å². The maximum absolute atomic E-state index is 12.4. The molecular weight excluding hydrogens is 332 g/mol. The van der Waals surface area contributed by atoms with Crippen LogP contribution in [0.1, 0.15) is 43.5 Å². The number of rotatable bonds is 10. The van der Waals surface area contributed by atoms with Crippen LogP contribution in [-0.2, 0) is 4.79 Å². The molecule has 0 radical (unpaired) electrons. The molecule has 2 N–H and O–H groups in total. The predicted molar refractivity (Wildman–Crippen MR) is 89.2 cm³/mol. The van der Waals surface area contributed by atoms with Gasteiger partial charge in [-0.25, -0.2) is 4.79 Å². The highest BCUT2D eigenvalue weighted by molar-refractivity contribution is 6.00. The lowest BCUT2D eigenvalue weighted by molar-refractivity contribution is -0.385. The molecule has 0 saturated carbocycles. The van der Waals surface area contributed by atoms with Gasteiger partial charge in [0.2, 0.25) is 0 Å². The summed E-state index contributed by atoms with van der Waals surface area (Å²) in [6, 6.07) is 1.15. The number of carbonyl (C=O) groups excluding carboxylic acids is 1. The van der Waals surface area contributed by atoms with Crippen molar-refractivity contribution in [3.63, 3.8) is 0 Å². The van der Waals surface area contributed by atoms with Crippen molar-refractivity contribution >= 4 is 17.6 Å². The molecular formula is C16H22N2O7. The van der Waals surface area contributed by atoms with E-state index in [2.05, 4.69) is 5.32 Å². The molecule has 1 atom stereocenters. The fourth-order valence-corrected chi connectivity index (χ4v) is 2.21. The van der Waals surface area contributed by atoms with Crippen LogP contribution in [0.3, 0.4) is 0 Å². The van der Waals surface area contributed by atoms with Crippen LogP contribution in [-0.4, -0.2) is 41.7 Å². The SMILES string of the molecule is CCCCC(NC(=O)c1cc(OC)c(OCC)cc1[N+](=O)[O-])C(=O)O. The fraction of sp³-hybridized carbons (Fsp3) is 0.500. The number of carboxylic acids is 1. The van der Waals surface area contributed by atoms with E-state index >= 15 is 0 Å². The van der Waals surface area contributed by atoms with E-state index in [9.17, 15) is 24.8 Å². The predicted octanol–water partition coefficient (Wildman–Crippen LogP) is 2.38. The molecule has 0 aromatic heterocycles. The second kappa shape index (κ2) is 9.45. The van der Waals surface area contributed by atoms with E-state index < -0.39 is 28.5 Å². The third kappa shape index (κ3) is 5.33. The number of hydrogen-bond donors (Lipinski definition) is 2. The Morgan fingerprint density at radius 3 is 2.48 bits per heavy atom. The maximum Gasteiger partial charge on any atom is 0.326 e. The topological polar surface area (TPSA) is 128 Å². The summed E-state index contributed by atoms with van der Waals surface area (Å²) in [6.07, 6.45) is 1.60. The highest BCUT2D eigenvalue weighted by atomic mass is 16.6. The van der Waals surface area contributed by atoms with E-state index in [0.717, 1.165) is 12.5 Å². The molecule has 9 heteroatoms. The fourth-order valence-electron chi connectivity index (χ4n) is 2.21. The van der Waals surface area contributed by atoms with Crippen molar-refractivity contribution in [1.29, 1.82) is 0 Å². The molecule has 0 heterocycles. The average Bonchev–Trinajstić information content (AvgIpc) is 2.57. The zero-order chi connectivity index (χ0) is 19.0. The van der Waals surface area contributed by atoms with Crippen LogP contribution >= 0.6 is 0 Å². The maximum atomic E-state index is 12.4. The third-order valence-corrected chi connectivity index (χ3v) is 3.47. The van der Waals surface area contributed by atoms with E-state index in [1.807, 2.05) is 6.92 Å². The van der Waals surface area contributed by atoms with Gasteiger partial charge in [0.1, 0.15) is 11.6 Å². The number of benzene rings is 1. The number of nitro groups is 1. The zero-order valence-corrected chi connectivity index (χ0v) is 14.4. The molecule has 0 aliphatic heterocycles. The Bertz CT molecular complexity index is 646. The third-order valence-electron chi connectivity index (χ3n) is 3.47. The molecule has 0 saturated heterocycles. The standard InChI is InChI=1S/C16H22N2O7/c1-4-6-7-11(16(20)21)17-15(19)10-8-13(24-3)14(25-5-2)9-12(10)18(22)23/h8-9,11H,4-7H2,1-3H3,(H,17,19)(H,20,21). The summed E-state index contributed by atoms with van der Waals surface area (Å²) in [4.78, 5) is 34.2. The summed E-state index contributed by atoms with van der Waals surface area (Å²) in [7, 11) is 1.34. The van der Waals surface area contributed by atoms with Gasteiger partial charge in [-0.15, -0.1) is 0 Å². The first kappa shape index (κ1) is 20.2. The lowest BCUT2D eigenvalue weighted by Crippen LogP contribution is -2.40. The zero-order valence-electron chi connectivity index (χ0n) is 14.4. The van der Waals surface area contributed by atoms with E-state index in [0.29, 0.717) is 6.42 Å². The second-order valence-electron chi connectivity index (χ2n) is 5.22. The van der Waals surface area contributed by atoms with Gasteiger partial charge in [-0.05, 0) is 13.3 Å². The smallest absolute Gasteiger partial charge is 0.326 e. The van der Waals surface area contributed by atoms with Gasteiger partial charge in [0.05, 0.1) is 24.7 Å². The first-order valence-corrected chi connectivity index (χ1v) is 7.88. The molecule has 9 nitrogen and oxygen atoms in total. The van der Waals surface area contributed by atoms with Crippen LogP contribution in [0, 0.1) is 10.1 Å². The summed E-state index contributed by atoms with van der Waals surface area (Å²) < 4.78 is 10.4. The second-order valence-corrected chi connectivity index (χ2v) is 5.22. The molecule has 25 heavy (non-hydrogen) atoms. The summed E-state index contributed by atoms with van der Waals surface area (Å²) in [5.41, 5.74) is -0.769. The van der Waals surface area contributed by atoms with Gasteiger partial charge in [0.25, 0.3) is 11.6 Å². The van der Waals surface area contributed by atoms with E-state index in [1.54, 1.807) is 6.92 Å². The Morgan fingerprint density at radius 2 is 2.00 bits per heavy atom. The molecule has 0 aliphatic rings. The average molecular weight is 354 g/mol. The number of nitro benzene ring substituents is 1. The molecule has 1 unspecified atom stereocenters. The van der Waals surface area contributed by atoms with Crippen molar-refractivity contribution in [2.45, 2.75) is 39.2 Å². The molecule has 0 spiro atoms. The minimum absolute atomic E-state index is 0.133. The van der Waals surface area contributed by atoms with Crippen molar-refractivity contribution < 1.29 is 29.1 Å². The largest absolute Gasteiger partial charge is 0.493 e. The minimum atomic E-state index is -1.19. The number of amides is 1.